The Hall–Kier alpha value is -2.76. The quantitative estimate of drug-likeness (QED) is 0.717. The number of hydrogen-bond donors (Lipinski definition) is 0. The maximum atomic E-state index is 13.1. The first-order valence-corrected chi connectivity index (χ1v) is 8.38. The molecule has 140 valence electrons. The first-order chi connectivity index (χ1) is 12.5. The van der Waals surface area contributed by atoms with E-state index >= 15 is 0 Å². The monoisotopic (exact) mass is 361 g/mol. The zero-order valence-electron chi connectivity index (χ0n) is 15.5. The molecule has 26 heavy (non-hydrogen) atoms. The van der Waals surface area contributed by atoms with Gasteiger partial charge in [-0.15, -0.1) is 0 Å². The van der Waals surface area contributed by atoms with Gasteiger partial charge in [-0.25, -0.2) is 4.39 Å². The predicted molar refractivity (Wildman–Crippen MR) is 98.8 cm³/mol. The van der Waals surface area contributed by atoms with E-state index in [1.165, 1.54) is 12.1 Å². The van der Waals surface area contributed by atoms with E-state index in [2.05, 4.69) is 0 Å². The topological polar surface area (TPSA) is 48.0 Å². The molecule has 2 aromatic carbocycles. The molecule has 6 heteroatoms. The van der Waals surface area contributed by atoms with Crippen LogP contribution in [0, 0.1) is 5.82 Å². The number of benzene rings is 2. The SMILES string of the molecule is CCN(C(=O)CCc1cc(OC)c(OC)c(OC)c1)c1ccc(F)cc1. The van der Waals surface area contributed by atoms with Gasteiger partial charge in [0.1, 0.15) is 5.82 Å². The van der Waals surface area contributed by atoms with Crippen LogP contribution in [0.25, 0.3) is 0 Å². The number of carbonyl (C=O) groups excluding carboxylic acids is 1. The molecule has 0 N–H and O–H groups in total. The molecular weight excluding hydrogens is 337 g/mol. The third-order valence-corrected chi connectivity index (χ3v) is 4.11. The van der Waals surface area contributed by atoms with Crippen molar-refractivity contribution in [1.29, 1.82) is 0 Å². The maximum Gasteiger partial charge on any atom is 0.227 e. The Labute approximate surface area is 153 Å². The molecule has 0 aliphatic rings. The summed E-state index contributed by atoms with van der Waals surface area (Å²) in [5.74, 6) is 1.27. The average Bonchev–Trinajstić information content (AvgIpc) is 2.67. The summed E-state index contributed by atoms with van der Waals surface area (Å²) in [7, 11) is 4.66. The third kappa shape index (κ3) is 4.45. The van der Waals surface area contributed by atoms with Crippen LogP contribution in [0.3, 0.4) is 0 Å². The van der Waals surface area contributed by atoms with Gasteiger partial charge in [-0.3, -0.25) is 4.79 Å². The Morgan fingerprint density at radius 1 is 1.00 bits per heavy atom. The smallest absolute Gasteiger partial charge is 0.227 e. The first kappa shape index (κ1) is 19.6. The Morgan fingerprint density at radius 3 is 2.04 bits per heavy atom. The molecule has 0 aliphatic carbocycles. The Kier molecular flexibility index (Phi) is 6.83. The Morgan fingerprint density at radius 2 is 1.58 bits per heavy atom. The van der Waals surface area contributed by atoms with E-state index in [9.17, 15) is 9.18 Å². The standard InChI is InChI=1S/C20H24FNO4/c1-5-22(16-9-7-15(21)8-10-16)19(23)11-6-14-12-17(24-2)20(26-4)18(13-14)25-3/h7-10,12-13H,5-6,11H2,1-4H3. The lowest BCUT2D eigenvalue weighted by molar-refractivity contribution is -0.118. The summed E-state index contributed by atoms with van der Waals surface area (Å²) in [5.41, 5.74) is 1.59. The van der Waals surface area contributed by atoms with Gasteiger partial charge in [0, 0.05) is 18.7 Å². The highest BCUT2D eigenvalue weighted by Gasteiger charge is 2.17. The van der Waals surface area contributed by atoms with Crippen LogP contribution >= 0.6 is 0 Å². The normalized spacial score (nSPS) is 10.3. The number of anilines is 1. The van der Waals surface area contributed by atoms with Crippen molar-refractivity contribution in [1.82, 2.24) is 0 Å². The van der Waals surface area contributed by atoms with Gasteiger partial charge in [-0.1, -0.05) is 0 Å². The highest BCUT2D eigenvalue weighted by Crippen LogP contribution is 2.38. The van der Waals surface area contributed by atoms with Crippen LogP contribution < -0.4 is 19.1 Å². The minimum absolute atomic E-state index is 0.0344. The summed E-state index contributed by atoms with van der Waals surface area (Å²) in [6.45, 7) is 2.40. The number of halogens is 1. The fraction of sp³-hybridized carbons (Fsp3) is 0.350. The molecule has 0 heterocycles. The summed E-state index contributed by atoms with van der Waals surface area (Å²) in [4.78, 5) is 14.2. The van der Waals surface area contributed by atoms with Crippen molar-refractivity contribution in [3.8, 4) is 17.2 Å². The number of hydrogen-bond acceptors (Lipinski definition) is 4. The molecule has 0 atom stereocenters. The summed E-state index contributed by atoms with van der Waals surface area (Å²) >= 11 is 0. The Balaban J connectivity index is 2.14. The zero-order valence-corrected chi connectivity index (χ0v) is 15.5. The van der Waals surface area contributed by atoms with Crippen molar-refractivity contribution in [2.75, 3.05) is 32.8 Å². The zero-order chi connectivity index (χ0) is 19.1. The number of carbonyl (C=O) groups is 1. The van der Waals surface area contributed by atoms with Gasteiger partial charge in [-0.05, 0) is 55.3 Å². The summed E-state index contributed by atoms with van der Waals surface area (Å²) in [6, 6.07) is 9.59. The van der Waals surface area contributed by atoms with Crippen molar-refractivity contribution in [2.24, 2.45) is 0 Å². The van der Waals surface area contributed by atoms with Crippen LogP contribution in [0.1, 0.15) is 18.9 Å². The van der Waals surface area contributed by atoms with Crippen molar-refractivity contribution >= 4 is 11.6 Å². The van der Waals surface area contributed by atoms with E-state index in [1.807, 2.05) is 19.1 Å². The number of ether oxygens (including phenoxy) is 3. The molecule has 0 saturated heterocycles. The average molecular weight is 361 g/mol. The number of rotatable bonds is 8. The van der Waals surface area contributed by atoms with Gasteiger partial charge in [0.2, 0.25) is 11.7 Å². The van der Waals surface area contributed by atoms with E-state index in [1.54, 1.807) is 38.4 Å². The van der Waals surface area contributed by atoms with Gasteiger partial charge < -0.3 is 19.1 Å². The highest BCUT2D eigenvalue weighted by molar-refractivity contribution is 5.93. The number of aryl methyl sites for hydroxylation is 1. The second kappa shape index (κ2) is 9.08. The Bertz CT molecular complexity index is 721. The molecule has 0 unspecified atom stereocenters. The van der Waals surface area contributed by atoms with Crippen LogP contribution in [0.4, 0.5) is 10.1 Å². The van der Waals surface area contributed by atoms with Gasteiger partial charge >= 0.3 is 0 Å². The van der Waals surface area contributed by atoms with Crippen molar-refractivity contribution in [2.45, 2.75) is 19.8 Å². The molecule has 0 radical (unpaired) electrons. The molecule has 2 aromatic rings. The van der Waals surface area contributed by atoms with Crippen LogP contribution in [0.15, 0.2) is 36.4 Å². The fourth-order valence-electron chi connectivity index (χ4n) is 2.79. The minimum atomic E-state index is -0.324. The van der Waals surface area contributed by atoms with Crippen LogP contribution in [0.5, 0.6) is 17.2 Å². The van der Waals surface area contributed by atoms with Crippen LogP contribution in [0.2, 0.25) is 0 Å². The molecule has 0 bridgehead atoms. The molecule has 1 amide bonds. The van der Waals surface area contributed by atoms with Crippen molar-refractivity contribution in [3.63, 3.8) is 0 Å². The van der Waals surface area contributed by atoms with Crippen LogP contribution in [-0.4, -0.2) is 33.8 Å². The van der Waals surface area contributed by atoms with Crippen molar-refractivity contribution < 1.29 is 23.4 Å². The van der Waals surface area contributed by atoms with E-state index < -0.39 is 0 Å². The lowest BCUT2D eigenvalue weighted by atomic mass is 10.1. The van der Waals surface area contributed by atoms with E-state index in [0.717, 1.165) is 5.56 Å². The summed E-state index contributed by atoms with van der Waals surface area (Å²) in [5, 5.41) is 0. The predicted octanol–water partition coefficient (Wildman–Crippen LogP) is 3.84. The minimum Gasteiger partial charge on any atom is -0.493 e. The second-order valence-corrected chi connectivity index (χ2v) is 5.65. The van der Waals surface area contributed by atoms with Gasteiger partial charge in [0.25, 0.3) is 0 Å². The molecule has 0 aromatic heterocycles. The first-order valence-electron chi connectivity index (χ1n) is 8.38. The van der Waals surface area contributed by atoms with Gasteiger partial charge in [-0.2, -0.15) is 0 Å². The third-order valence-electron chi connectivity index (χ3n) is 4.11. The van der Waals surface area contributed by atoms with Gasteiger partial charge in [0.15, 0.2) is 11.5 Å². The molecule has 0 saturated carbocycles. The molecule has 5 nitrogen and oxygen atoms in total. The second-order valence-electron chi connectivity index (χ2n) is 5.65. The lowest BCUT2D eigenvalue weighted by Gasteiger charge is -2.21. The molecular formula is C20H24FNO4. The number of amides is 1. The number of nitrogens with zero attached hydrogens (tertiary/aromatic N) is 1. The summed E-state index contributed by atoms with van der Waals surface area (Å²) < 4.78 is 29.1. The molecule has 0 spiro atoms. The highest BCUT2D eigenvalue weighted by atomic mass is 19.1. The largest absolute Gasteiger partial charge is 0.493 e. The fourth-order valence-corrected chi connectivity index (χ4v) is 2.79. The molecule has 2 rings (SSSR count). The molecule has 0 aliphatic heterocycles. The van der Waals surface area contributed by atoms with E-state index in [0.29, 0.717) is 42.3 Å². The van der Waals surface area contributed by atoms with Crippen molar-refractivity contribution in [3.05, 3.63) is 47.8 Å². The molecule has 0 fully saturated rings. The van der Waals surface area contributed by atoms with E-state index in [4.69, 9.17) is 14.2 Å². The number of methoxy groups -OCH3 is 3. The lowest BCUT2D eigenvalue weighted by Crippen LogP contribution is -2.30. The summed E-state index contributed by atoms with van der Waals surface area (Å²) in [6.07, 6.45) is 0.830. The van der Waals surface area contributed by atoms with Crippen LogP contribution in [-0.2, 0) is 11.2 Å². The maximum absolute atomic E-state index is 13.1. The van der Waals surface area contributed by atoms with E-state index in [-0.39, 0.29) is 11.7 Å². The van der Waals surface area contributed by atoms with Gasteiger partial charge in [0.05, 0.1) is 21.3 Å².